The van der Waals surface area contributed by atoms with E-state index in [0.717, 1.165) is 69.8 Å². The van der Waals surface area contributed by atoms with E-state index >= 15 is 0 Å². The predicted molar refractivity (Wildman–Crippen MR) is 255 cm³/mol. The third-order valence-corrected chi connectivity index (χ3v) is 12.7. The lowest BCUT2D eigenvalue weighted by molar-refractivity contribution is -0.150. The van der Waals surface area contributed by atoms with Gasteiger partial charge in [0.2, 0.25) is 0 Å². The third kappa shape index (κ3) is 13.1. The van der Waals surface area contributed by atoms with Gasteiger partial charge in [0.15, 0.2) is 0 Å². The van der Waals surface area contributed by atoms with Gasteiger partial charge in [-0.1, -0.05) is 59.6 Å². The first kappa shape index (κ1) is 53.0. The van der Waals surface area contributed by atoms with E-state index in [1.165, 1.54) is 26.0 Å². The molecule has 2 atom stereocenters. The molecule has 0 aliphatic rings. The number of aliphatic hydroxyl groups excluding tert-OH is 2. The van der Waals surface area contributed by atoms with Crippen LogP contribution in [0.15, 0.2) is 97.1 Å². The summed E-state index contributed by atoms with van der Waals surface area (Å²) in [5.41, 5.74) is 3.35. The zero-order valence-electron chi connectivity index (χ0n) is 38.6. The van der Waals surface area contributed by atoms with Gasteiger partial charge in [-0.05, 0) is 127 Å². The quantitative estimate of drug-likeness (QED) is 0.0388. The zero-order chi connectivity index (χ0) is 50.9. The lowest BCUT2D eigenvalue weighted by atomic mass is 9.85. The summed E-state index contributed by atoms with van der Waals surface area (Å²) in [6, 6.07) is 23.6. The molecular weight excluding hydrogens is 957 g/mol. The molecule has 6 rings (SSSR count). The SMILES string of the molecule is Cc1c(COc2cc(OCc3cc(F)cc(F)c3)c(CC[C@@](C)(CO)C(=O)O)cc2Cl)cccc1-c1cccc(COc2cc(OCc3cc(F)cc(F)c3)c(CN[C@@](C)(CO)C(=O)O)cc2Cl)c1C. The number of halogens is 6. The van der Waals surface area contributed by atoms with E-state index in [1.807, 2.05) is 50.2 Å². The van der Waals surface area contributed by atoms with Crippen molar-refractivity contribution in [2.75, 3.05) is 13.2 Å². The van der Waals surface area contributed by atoms with Gasteiger partial charge in [0.1, 0.15) is 78.2 Å². The summed E-state index contributed by atoms with van der Waals surface area (Å²) in [4.78, 5) is 23.8. The molecule has 0 spiro atoms. The van der Waals surface area contributed by atoms with Crippen molar-refractivity contribution in [3.63, 3.8) is 0 Å². The van der Waals surface area contributed by atoms with E-state index in [1.54, 1.807) is 12.1 Å². The first-order valence-corrected chi connectivity index (χ1v) is 22.6. The molecule has 6 aromatic carbocycles. The summed E-state index contributed by atoms with van der Waals surface area (Å²) in [6.07, 6.45) is 0.164. The van der Waals surface area contributed by atoms with Crippen molar-refractivity contribution in [3.05, 3.63) is 175 Å². The summed E-state index contributed by atoms with van der Waals surface area (Å²) >= 11 is 13.5. The van der Waals surface area contributed by atoms with E-state index in [4.69, 9.17) is 42.1 Å². The van der Waals surface area contributed by atoms with Crippen molar-refractivity contribution >= 4 is 35.1 Å². The van der Waals surface area contributed by atoms with E-state index in [2.05, 4.69) is 5.32 Å². The van der Waals surface area contributed by atoms with Gasteiger partial charge in [-0.3, -0.25) is 14.9 Å². The Labute approximate surface area is 412 Å². The standard InChI is InChI=1S/C53H51Cl2F4NO10/c1-30-35(26-69-48-21-46(67-24-32-13-38(56)19-39(57)14-32)34(17-44(48)54)11-12-52(3,28-61)50(63)64)7-5-9-42(30)43-10-6-8-36(31(43)2)27-70-49-22-47(68-25-33-15-40(58)20-41(59)16-33)37(18-45(49)55)23-60-53(4,29-62)51(65)66/h5-10,13-22,60-62H,11-12,23-29H2,1-4H3,(H,63,64)(H,65,66)/t52-,53-/m0/s1. The van der Waals surface area contributed by atoms with E-state index < -0.39 is 59.4 Å². The van der Waals surface area contributed by atoms with Gasteiger partial charge >= 0.3 is 11.9 Å². The largest absolute Gasteiger partial charge is 0.488 e. The molecule has 0 unspecified atom stereocenters. The Morgan fingerprint density at radius 3 is 1.40 bits per heavy atom. The zero-order valence-corrected chi connectivity index (χ0v) is 40.1. The Balaban J connectivity index is 1.22. The highest BCUT2D eigenvalue weighted by Gasteiger charge is 2.33. The summed E-state index contributed by atoms with van der Waals surface area (Å²) in [5.74, 6) is -4.73. The van der Waals surface area contributed by atoms with Gasteiger partial charge in [0, 0.05) is 36.4 Å². The van der Waals surface area contributed by atoms with E-state index in [9.17, 15) is 47.6 Å². The number of ether oxygens (including phenoxy) is 4. The maximum atomic E-state index is 14.0. The molecule has 370 valence electrons. The van der Waals surface area contributed by atoms with Crippen LogP contribution in [0, 0.1) is 42.5 Å². The van der Waals surface area contributed by atoms with Crippen molar-refractivity contribution in [3.8, 4) is 34.1 Å². The second kappa shape index (κ2) is 23.0. The van der Waals surface area contributed by atoms with Gasteiger partial charge in [0.25, 0.3) is 0 Å². The maximum absolute atomic E-state index is 14.0. The molecule has 0 heterocycles. The normalized spacial score (nSPS) is 13.0. The van der Waals surface area contributed by atoms with Crippen LogP contribution >= 0.6 is 23.2 Å². The molecule has 0 aliphatic heterocycles. The van der Waals surface area contributed by atoms with Gasteiger partial charge in [-0.15, -0.1) is 0 Å². The molecule has 70 heavy (non-hydrogen) atoms. The molecule has 0 fully saturated rings. The molecule has 0 aromatic heterocycles. The Hall–Kier alpha value is -6.36. The Morgan fingerprint density at radius 1 is 0.557 bits per heavy atom. The monoisotopic (exact) mass is 1010 g/mol. The molecular formula is C53H51Cl2F4NO10. The van der Waals surface area contributed by atoms with E-state index in [-0.39, 0.29) is 90.0 Å². The predicted octanol–water partition coefficient (Wildman–Crippen LogP) is 11.1. The van der Waals surface area contributed by atoms with Gasteiger partial charge in [0.05, 0.1) is 28.7 Å². The van der Waals surface area contributed by atoms with Crippen LogP contribution in [0.25, 0.3) is 11.1 Å². The summed E-state index contributed by atoms with van der Waals surface area (Å²) < 4.78 is 80.6. The van der Waals surface area contributed by atoms with Crippen molar-refractivity contribution < 1.29 is 66.5 Å². The second-order valence-corrected chi connectivity index (χ2v) is 18.2. The highest BCUT2D eigenvalue weighted by molar-refractivity contribution is 6.32. The average molecular weight is 1010 g/mol. The van der Waals surface area contributed by atoms with E-state index in [0.29, 0.717) is 11.1 Å². The Kier molecular flexibility index (Phi) is 17.4. The number of rotatable bonds is 23. The molecule has 0 amide bonds. The summed E-state index contributed by atoms with van der Waals surface area (Å²) in [6.45, 7) is 4.84. The fourth-order valence-corrected chi connectivity index (χ4v) is 7.90. The minimum atomic E-state index is -1.70. The van der Waals surface area contributed by atoms with Crippen LogP contribution in [0.4, 0.5) is 17.6 Å². The highest BCUT2D eigenvalue weighted by atomic mass is 35.5. The van der Waals surface area contributed by atoms with Crippen LogP contribution in [-0.4, -0.2) is 51.1 Å². The van der Waals surface area contributed by atoms with Gasteiger partial charge in [-0.25, -0.2) is 17.6 Å². The maximum Gasteiger partial charge on any atom is 0.326 e. The van der Waals surface area contributed by atoms with Crippen molar-refractivity contribution in [2.45, 2.75) is 79.0 Å². The number of carboxylic acid groups (broad SMARTS) is 2. The minimum absolute atomic E-state index is 0.0288. The topological polar surface area (TPSA) is 164 Å². The molecule has 0 bridgehead atoms. The third-order valence-electron chi connectivity index (χ3n) is 12.1. The fraction of sp³-hybridized carbons (Fsp3) is 0.283. The Bertz CT molecular complexity index is 2650. The molecule has 0 saturated carbocycles. The van der Waals surface area contributed by atoms with Crippen LogP contribution in [0.1, 0.15) is 64.8 Å². The van der Waals surface area contributed by atoms with Crippen LogP contribution < -0.4 is 24.3 Å². The first-order chi connectivity index (χ1) is 33.2. The number of hydrogen-bond acceptors (Lipinski definition) is 9. The lowest BCUT2D eigenvalue weighted by Gasteiger charge is -2.25. The summed E-state index contributed by atoms with van der Waals surface area (Å²) in [7, 11) is 0. The number of hydrogen-bond donors (Lipinski definition) is 5. The van der Waals surface area contributed by atoms with Crippen LogP contribution in [-0.2, 0) is 49.0 Å². The van der Waals surface area contributed by atoms with Gasteiger partial charge in [-0.2, -0.15) is 0 Å². The fourth-order valence-electron chi connectivity index (χ4n) is 7.41. The number of benzene rings is 6. The number of aliphatic carboxylic acids is 2. The number of aliphatic hydroxyl groups is 2. The van der Waals surface area contributed by atoms with Gasteiger partial charge < -0.3 is 39.4 Å². The molecule has 17 heteroatoms. The molecule has 5 N–H and O–H groups in total. The van der Waals surface area contributed by atoms with Crippen LogP contribution in [0.5, 0.6) is 23.0 Å². The number of nitrogens with one attached hydrogen (secondary N) is 1. The van der Waals surface area contributed by atoms with Crippen molar-refractivity contribution in [1.29, 1.82) is 0 Å². The second-order valence-electron chi connectivity index (χ2n) is 17.3. The first-order valence-electron chi connectivity index (χ1n) is 21.9. The highest BCUT2D eigenvalue weighted by Crippen LogP contribution is 2.39. The average Bonchev–Trinajstić information content (AvgIpc) is 3.31. The number of carboxylic acids is 2. The Morgan fingerprint density at radius 2 is 0.986 bits per heavy atom. The minimum Gasteiger partial charge on any atom is -0.488 e. The molecule has 6 aromatic rings. The van der Waals surface area contributed by atoms with Crippen molar-refractivity contribution in [1.82, 2.24) is 5.32 Å². The number of carbonyl (C=O) groups is 2. The smallest absolute Gasteiger partial charge is 0.326 e. The lowest BCUT2D eigenvalue weighted by Crippen LogP contribution is -2.52. The molecule has 0 radical (unpaired) electrons. The number of aryl methyl sites for hydroxylation is 1. The molecule has 0 aliphatic carbocycles. The van der Waals surface area contributed by atoms with Crippen LogP contribution in [0.3, 0.4) is 0 Å². The van der Waals surface area contributed by atoms with Crippen LogP contribution in [0.2, 0.25) is 10.0 Å². The molecule has 0 saturated heterocycles. The van der Waals surface area contributed by atoms with Crippen molar-refractivity contribution in [2.24, 2.45) is 5.41 Å². The summed E-state index contributed by atoms with van der Waals surface area (Å²) in [5, 5.41) is 42.2. The molecule has 11 nitrogen and oxygen atoms in total.